The van der Waals surface area contributed by atoms with Crippen LogP contribution in [0.2, 0.25) is 5.02 Å². The summed E-state index contributed by atoms with van der Waals surface area (Å²) < 4.78 is 6.38. The molecule has 1 atom stereocenters. The lowest BCUT2D eigenvalue weighted by atomic mass is 10.0. The van der Waals surface area contributed by atoms with Gasteiger partial charge in [-0.25, -0.2) is 5.43 Å². The molecule has 2 aromatic rings. The molecule has 0 aliphatic rings. The highest BCUT2D eigenvalue weighted by Gasteiger charge is 2.17. The largest absolute Gasteiger partial charge is 0.492 e. The standard InChI is InChI=1S/C14H15BrClN3O/c1-2-20-11-5-9(7-18-8-11)14(19-17)12-6-10(16)3-4-13(12)15/h3-8,14,19H,2,17H2,1H3. The summed E-state index contributed by atoms with van der Waals surface area (Å²) >= 11 is 9.57. The van der Waals surface area contributed by atoms with Crippen LogP contribution in [-0.4, -0.2) is 11.6 Å². The van der Waals surface area contributed by atoms with E-state index in [9.17, 15) is 0 Å². The molecule has 0 amide bonds. The van der Waals surface area contributed by atoms with Gasteiger partial charge in [-0.05, 0) is 42.3 Å². The third-order valence-electron chi connectivity index (χ3n) is 2.81. The Labute approximate surface area is 131 Å². The van der Waals surface area contributed by atoms with E-state index in [1.165, 1.54) is 0 Å². The number of nitrogens with one attached hydrogen (secondary N) is 1. The number of aromatic nitrogens is 1. The van der Waals surface area contributed by atoms with Crippen molar-refractivity contribution >= 4 is 27.5 Å². The van der Waals surface area contributed by atoms with Crippen LogP contribution in [0.4, 0.5) is 0 Å². The van der Waals surface area contributed by atoms with Gasteiger partial charge in [0.25, 0.3) is 0 Å². The number of nitrogens with two attached hydrogens (primary N) is 1. The molecule has 106 valence electrons. The van der Waals surface area contributed by atoms with E-state index in [0.717, 1.165) is 15.6 Å². The van der Waals surface area contributed by atoms with Crippen LogP contribution in [0, 0.1) is 0 Å². The maximum Gasteiger partial charge on any atom is 0.137 e. The highest BCUT2D eigenvalue weighted by molar-refractivity contribution is 9.10. The SMILES string of the molecule is CCOc1cncc(C(NN)c2cc(Cl)ccc2Br)c1. The van der Waals surface area contributed by atoms with Gasteiger partial charge < -0.3 is 4.74 Å². The molecule has 0 aliphatic carbocycles. The molecule has 2 rings (SSSR count). The van der Waals surface area contributed by atoms with Crippen molar-refractivity contribution in [2.75, 3.05) is 6.61 Å². The minimum Gasteiger partial charge on any atom is -0.492 e. The quantitative estimate of drug-likeness (QED) is 0.636. The number of ether oxygens (including phenoxy) is 1. The zero-order valence-corrected chi connectivity index (χ0v) is 13.3. The van der Waals surface area contributed by atoms with E-state index in [4.69, 9.17) is 22.2 Å². The Kier molecular flexibility index (Phi) is 5.37. The number of rotatable bonds is 5. The summed E-state index contributed by atoms with van der Waals surface area (Å²) in [5.74, 6) is 6.41. The molecule has 0 fully saturated rings. The van der Waals surface area contributed by atoms with Crippen LogP contribution < -0.4 is 16.0 Å². The van der Waals surface area contributed by atoms with Gasteiger partial charge in [-0.3, -0.25) is 10.8 Å². The normalized spacial score (nSPS) is 12.2. The van der Waals surface area contributed by atoms with Crippen molar-refractivity contribution in [2.24, 2.45) is 5.84 Å². The van der Waals surface area contributed by atoms with E-state index in [0.29, 0.717) is 17.4 Å². The summed E-state index contributed by atoms with van der Waals surface area (Å²) in [5.41, 5.74) is 4.63. The Hall–Kier alpha value is -1.14. The first-order valence-corrected chi connectivity index (χ1v) is 7.31. The van der Waals surface area contributed by atoms with Crippen LogP contribution in [0.5, 0.6) is 5.75 Å². The minimum absolute atomic E-state index is 0.226. The van der Waals surface area contributed by atoms with Gasteiger partial charge >= 0.3 is 0 Å². The zero-order chi connectivity index (χ0) is 14.5. The molecule has 0 saturated carbocycles. The Morgan fingerprint density at radius 3 is 2.90 bits per heavy atom. The number of halogens is 2. The second kappa shape index (κ2) is 7.04. The smallest absolute Gasteiger partial charge is 0.137 e. The third-order valence-corrected chi connectivity index (χ3v) is 3.77. The monoisotopic (exact) mass is 355 g/mol. The molecule has 0 spiro atoms. The number of benzene rings is 1. The molecule has 1 aromatic carbocycles. The maximum atomic E-state index is 6.06. The summed E-state index contributed by atoms with van der Waals surface area (Å²) in [4.78, 5) is 4.18. The molecule has 20 heavy (non-hydrogen) atoms. The molecule has 6 heteroatoms. The molecule has 0 radical (unpaired) electrons. The van der Waals surface area contributed by atoms with Crippen LogP contribution in [0.15, 0.2) is 41.1 Å². The van der Waals surface area contributed by atoms with Crippen LogP contribution in [0.3, 0.4) is 0 Å². The Morgan fingerprint density at radius 2 is 2.20 bits per heavy atom. The van der Waals surface area contributed by atoms with E-state index >= 15 is 0 Å². The molecule has 0 saturated heterocycles. The average Bonchev–Trinajstić information content (AvgIpc) is 2.44. The molecule has 0 aliphatic heterocycles. The fraction of sp³-hybridized carbons (Fsp3) is 0.214. The van der Waals surface area contributed by atoms with Gasteiger partial charge in [0.05, 0.1) is 18.8 Å². The van der Waals surface area contributed by atoms with Crippen molar-refractivity contribution in [3.05, 3.63) is 57.3 Å². The predicted molar refractivity (Wildman–Crippen MR) is 83.7 cm³/mol. The first kappa shape index (κ1) is 15.3. The summed E-state index contributed by atoms with van der Waals surface area (Å²) in [6, 6.07) is 7.26. The van der Waals surface area contributed by atoms with Crippen LogP contribution >= 0.6 is 27.5 Å². The van der Waals surface area contributed by atoms with E-state index < -0.39 is 0 Å². The average molecular weight is 357 g/mol. The summed E-state index contributed by atoms with van der Waals surface area (Å²) in [7, 11) is 0. The molecule has 4 nitrogen and oxygen atoms in total. The fourth-order valence-electron chi connectivity index (χ4n) is 1.94. The molecular weight excluding hydrogens is 342 g/mol. The second-order valence-electron chi connectivity index (χ2n) is 4.15. The molecule has 3 N–H and O–H groups in total. The zero-order valence-electron chi connectivity index (χ0n) is 10.9. The number of pyridine rings is 1. The second-order valence-corrected chi connectivity index (χ2v) is 5.44. The first-order valence-electron chi connectivity index (χ1n) is 6.14. The highest BCUT2D eigenvalue weighted by atomic mass is 79.9. The fourth-order valence-corrected chi connectivity index (χ4v) is 2.60. The van der Waals surface area contributed by atoms with E-state index in [1.54, 1.807) is 12.4 Å². The van der Waals surface area contributed by atoms with Crippen molar-refractivity contribution in [3.8, 4) is 5.75 Å². The third kappa shape index (κ3) is 3.49. The topological polar surface area (TPSA) is 60.2 Å². The number of hydrogen-bond donors (Lipinski definition) is 2. The van der Waals surface area contributed by atoms with Crippen LogP contribution in [0.1, 0.15) is 24.1 Å². The molecule has 0 bridgehead atoms. The Morgan fingerprint density at radius 1 is 1.40 bits per heavy atom. The molecule has 1 unspecified atom stereocenters. The minimum atomic E-state index is -0.226. The van der Waals surface area contributed by atoms with Gasteiger partial charge in [-0.2, -0.15) is 0 Å². The molecule has 1 heterocycles. The lowest BCUT2D eigenvalue weighted by molar-refractivity contribution is 0.338. The van der Waals surface area contributed by atoms with Crippen LogP contribution in [-0.2, 0) is 0 Å². The van der Waals surface area contributed by atoms with Crippen LogP contribution in [0.25, 0.3) is 0 Å². The van der Waals surface area contributed by atoms with Crippen molar-refractivity contribution in [1.82, 2.24) is 10.4 Å². The van der Waals surface area contributed by atoms with Gasteiger partial charge in [0, 0.05) is 15.7 Å². The number of hydrogen-bond acceptors (Lipinski definition) is 4. The Bertz CT molecular complexity index is 594. The van der Waals surface area contributed by atoms with E-state index in [1.807, 2.05) is 31.2 Å². The van der Waals surface area contributed by atoms with Gasteiger partial charge in [0.15, 0.2) is 0 Å². The van der Waals surface area contributed by atoms with E-state index in [-0.39, 0.29) is 6.04 Å². The van der Waals surface area contributed by atoms with Gasteiger partial charge in [0.1, 0.15) is 5.75 Å². The van der Waals surface area contributed by atoms with Crippen molar-refractivity contribution in [1.29, 1.82) is 0 Å². The Balaban J connectivity index is 2.41. The predicted octanol–water partition coefficient (Wildman–Crippen LogP) is 3.45. The maximum absolute atomic E-state index is 6.06. The first-order chi connectivity index (χ1) is 9.65. The van der Waals surface area contributed by atoms with Crippen molar-refractivity contribution in [2.45, 2.75) is 13.0 Å². The van der Waals surface area contributed by atoms with E-state index in [2.05, 4.69) is 26.3 Å². The van der Waals surface area contributed by atoms with Gasteiger partial charge in [0.2, 0.25) is 0 Å². The molecule has 1 aromatic heterocycles. The highest BCUT2D eigenvalue weighted by Crippen LogP contribution is 2.31. The lowest BCUT2D eigenvalue weighted by Gasteiger charge is -2.19. The van der Waals surface area contributed by atoms with Gasteiger partial charge in [-0.1, -0.05) is 27.5 Å². The van der Waals surface area contributed by atoms with Crippen molar-refractivity contribution in [3.63, 3.8) is 0 Å². The van der Waals surface area contributed by atoms with Gasteiger partial charge in [-0.15, -0.1) is 0 Å². The summed E-state index contributed by atoms with van der Waals surface area (Å²) in [6.45, 7) is 2.52. The molecular formula is C14H15BrClN3O. The lowest BCUT2D eigenvalue weighted by Crippen LogP contribution is -2.29. The number of hydrazine groups is 1. The van der Waals surface area contributed by atoms with Crippen molar-refractivity contribution < 1.29 is 4.74 Å². The number of nitrogens with zero attached hydrogens (tertiary/aromatic N) is 1. The summed E-state index contributed by atoms with van der Waals surface area (Å²) in [5, 5.41) is 0.650. The summed E-state index contributed by atoms with van der Waals surface area (Å²) in [6.07, 6.45) is 3.42.